The van der Waals surface area contributed by atoms with Crippen molar-refractivity contribution in [2.45, 2.75) is 31.7 Å². The summed E-state index contributed by atoms with van der Waals surface area (Å²) in [5, 5.41) is 11.5. The van der Waals surface area contributed by atoms with Crippen molar-refractivity contribution in [3.05, 3.63) is 100 Å². The number of ketones is 1. The number of carbonyl (C=O) groups is 3. The number of methoxy groups -OCH3 is 2. The number of fused-ring (bicyclic) bond motifs is 1. The molecule has 1 unspecified atom stereocenters. The first kappa shape index (κ1) is 24.3. The van der Waals surface area contributed by atoms with E-state index in [1.807, 2.05) is 12.1 Å². The molecule has 3 aromatic rings. The van der Waals surface area contributed by atoms with Crippen LogP contribution in [0.5, 0.6) is 5.75 Å². The number of anilines is 1. The summed E-state index contributed by atoms with van der Waals surface area (Å²) < 4.78 is 10.4. The zero-order valence-corrected chi connectivity index (χ0v) is 20.7. The summed E-state index contributed by atoms with van der Waals surface area (Å²) in [6, 6.07) is 18.1. The normalized spacial score (nSPS) is 18.4. The third kappa shape index (κ3) is 4.27. The first-order valence-electron chi connectivity index (χ1n) is 12.2. The smallest absolute Gasteiger partial charge is 0.337 e. The minimum absolute atomic E-state index is 0.0336. The van der Waals surface area contributed by atoms with Crippen LogP contribution >= 0.6 is 0 Å². The lowest BCUT2D eigenvalue weighted by molar-refractivity contribution is -0.132. The predicted octanol–water partition coefficient (Wildman–Crippen LogP) is 4.99. The molecule has 0 spiro atoms. The molecule has 1 fully saturated rings. The van der Waals surface area contributed by atoms with Crippen LogP contribution in [0.4, 0.5) is 5.69 Å². The van der Waals surface area contributed by atoms with Crippen molar-refractivity contribution in [2.75, 3.05) is 19.1 Å². The summed E-state index contributed by atoms with van der Waals surface area (Å²) in [6.45, 7) is 0. The number of hydrogen-bond donors (Lipinski definition) is 1. The van der Waals surface area contributed by atoms with Crippen molar-refractivity contribution in [3.8, 4) is 5.75 Å². The van der Waals surface area contributed by atoms with Crippen LogP contribution < -0.4 is 9.64 Å². The molecule has 0 saturated carbocycles. The molecule has 37 heavy (non-hydrogen) atoms. The Morgan fingerprint density at radius 2 is 1.65 bits per heavy atom. The Balaban J connectivity index is 1.72. The highest BCUT2D eigenvalue weighted by Gasteiger charge is 2.48. The minimum Gasteiger partial charge on any atom is -0.507 e. The van der Waals surface area contributed by atoms with E-state index in [0.717, 1.165) is 31.2 Å². The van der Waals surface area contributed by atoms with Gasteiger partial charge in [-0.3, -0.25) is 14.5 Å². The van der Waals surface area contributed by atoms with Crippen LogP contribution in [0.1, 0.15) is 51.5 Å². The van der Waals surface area contributed by atoms with Gasteiger partial charge < -0.3 is 14.6 Å². The van der Waals surface area contributed by atoms with Gasteiger partial charge in [0.15, 0.2) is 0 Å². The number of nitrogens with zero attached hydrogens (tertiary/aromatic N) is 1. The summed E-state index contributed by atoms with van der Waals surface area (Å²) in [5.74, 6) is -1.97. The van der Waals surface area contributed by atoms with Crippen LogP contribution in [0.2, 0.25) is 0 Å². The van der Waals surface area contributed by atoms with Crippen molar-refractivity contribution in [2.24, 2.45) is 0 Å². The second kappa shape index (κ2) is 9.93. The third-order valence-electron chi connectivity index (χ3n) is 7.05. The van der Waals surface area contributed by atoms with Gasteiger partial charge >= 0.3 is 5.97 Å². The zero-order chi connectivity index (χ0) is 26.1. The fourth-order valence-corrected chi connectivity index (χ4v) is 5.22. The van der Waals surface area contributed by atoms with Gasteiger partial charge in [0.25, 0.3) is 11.7 Å². The number of aliphatic hydroxyl groups excluding tert-OH is 1. The molecule has 1 heterocycles. The van der Waals surface area contributed by atoms with Crippen LogP contribution in [0.15, 0.2) is 72.3 Å². The van der Waals surface area contributed by atoms with Gasteiger partial charge in [-0.1, -0.05) is 36.4 Å². The molecule has 188 valence electrons. The van der Waals surface area contributed by atoms with E-state index < -0.39 is 23.7 Å². The lowest BCUT2D eigenvalue weighted by Crippen LogP contribution is -2.29. The van der Waals surface area contributed by atoms with Crippen molar-refractivity contribution in [3.63, 3.8) is 0 Å². The van der Waals surface area contributed by atoms with Gasteiger partial charge in [0, 0.05) is 16.8 Å². The number of Topliss-reactive ketones (excluding diaryl/α,β-unsaturated/α-hetero) is 1. The van der Waals surface area contributed by atoms with Crippen LogP contribution in [0.3, 0.4) is 0 Å². The first-order valence-corrected chi connectivity index (χ1v) is 12.2. The molecule has 0 radical (unpaired) electrons. The van der Waals surface area contributed by atoms with Crippen molar-refractivity contribution < 1.29 is 29.0 Å². The number of benzene rings is 3. The SMILES string of the molecule is COC(=O)c1cccc(N2C(=O)C(=O)/C(=C(/O)c3ccc4c(c3)CCCC4)C2c2ccccc2OC)c1. The molecule has 1 amide bonds. The lowest BCUT2D eigenvalue weighted by atomic mass is 9.88. The first-order chi connectivity index (χ1) is 17.9. The molecule has 0 bridgehead atoms. The molecule has 1 saturated heterocycles. The molecule has 5 rings (SSSR count). The zero-order valence-electron chi connectivity index (χ0n) is 20.7. The van der Waals surface area contributed by atoms with E-state index >= 15 is 0 Å². The Bertz CT molecular complexity index is 1440. The Hall–Kier alpha value is -4.39. The van der Waals surface area contributed by atoms with E-state index in [4.69, 9.17) is 9.47 Å². The van der Waals surface area contributed by atoms with Crippen molar-refractivity contribution in [1.29, 1.82) is 0 Å². The van der Waals surface area contributed by atoms with Gasteiger partial charge in [-0.2, -0.15) is 0 Å². The molecule has 1 aliphatic heterocycles. The van der Waals surface area contributed by atoms with E-state index in [2.05, 4.69) is 0 Å². The maximum Gasteiger partial charge on any atom is 0.337 e. The van der Waals surface area contributed by atoms with Gasteiger partial charge in [0.05, 0.1) is 31.4 Å². The van der Waals surface area contributed by atoms with Crippen LogP contribution in [-0.4, -0.2) is 37.0 Å². The highest BCUT2D eigenvalue weighted by atomic mass is 16.5. The van der Waals surface area contributed by atoms with E-state index in [-0.39, 0.29) is 16.9 Å². The van der Waals surface area contributed by atoms with Crippen LogP contribution in [0, 0.1) is 0 Å². The number of para-hydroxylation sites is 1. The summed E-state index contributed by atoms with van der Waals surface area (Å²) in [6.07, 6.45) is 4.08. The number of ether oxygens (including phenoxy) is 2. The average molecular weight is 498 g/mol. The molecule has 0 aromatic heterocycles. The monoisotopic (exact) mass is 497 g/mol. The third-order valence-corrected chi connectivity index (χ3v) is 7.05. The lowest BCUT2D eigenvalue weighted by Gasteiger charge is -2.27. The number of carbonyl (C=O) groups excluding carboxylic acids is 3. The second-order valence-electron chi connectivity index (χ2n) is 9.14. The van der Waals surface area contributed by atoms with Gasteiger partial charge in [-0.05, 0) is 67.1 Å². The minimum atomic E-state index is -0.972. The van der Waals surface area contributed by atoms with Crippen LogP contribution in [-0.2, 0) is 27.2 Å². The summed E-state index contributed by atoms with van der Waals surface area (Å²) in [4.78, 5) is 40.5. The van der Waals surface area contributed by atoms with Crippen molar-refractivity contribution >= 4 is 29.1 Å². The van der Waals surface area contributed by atoms with E-state index in [1.165, 1.54) is 30.7 Å². The summed E-state index contributed by atoms with van der Waals surface area (Å²) in [5.41, 5.74) is 3.93. The maximum atomic E-state index is 13.5. The molecule has 7 heteroatoms. The average Bonchev–Trinajstić information content (AvgIpc) is 3.21. The maximum absolute atomic E-state index is 13.5. The Labute approximate surface area is 214 Å². The Kier molecular flexibility index (Phi) is 6.53. The van der Waals surface area contributed by atoms with Gasteiger partial charge in [0.1, 0.15) is 11.5 Å². The van der Waals surface area contributed by atoms with Gasteiger partial charge in [0.2, 0.25) is 0 Å². The molecule has 2 aliphatic rings. The molecule has 1 aliphatic carbocycles. The van der Waals surface area contributed by atoms with E-state index in [0.29, 0.717) is 22.6 Å². The fraction of sp³-hybridized carbons (Fsp3) is 0.233. The van der Waals surface area contributed by atoms with Gasteiger partial charge in [-0.25, -0.2) is 4.79 Å². The highest BCUT2D eigenvalue weighted by Crippen LogP contribution is 2.45. The Morgan fingerprint density at radius 1 is 0.892 bits per heavy atom. The summed E-state index contributed by atoms with van der Waals surface area (Å²) in [7, 11) is 2.78. The second-order valence-corrected chi connectivity index (χ2v) is 9.14. The Morgan fingerprint density at radius 3 is 2.41 bits per heavy atom. The van der Waals surface area contributed by atoms with E-state index in [1.54, 1.807) is 48.5 Å². The molecule has 1 N–H and O–H groups in total. The standard InChI is InChI=1S/C30H27NO6/c1-36-24-13-6-5-12-23(24)26-25(27(32)20-15-14-18-8-3-4-9-19(18)16-20)28(33)29(34)31(26)22-11-7-10-21(17-22)30(35)37-2/h5-7,10-17,26,32H,3-4,8-9H2,1-2H3/b27-25+. The van der Waals surface area contributed by atoms with Crippen molar-refractivity contribution in [1.82, 2.24) is 0 Å². The number of aryl methyl sites for hydroxylation is 2. The predicted molar refractivity (Wildman–Crippen MR) is 139 cm³/mol. The number of rotatable bonds is 5. The highest BCUT2D eigenvalue weighted by molar-refractivity contribution is 6.51. The largest absolute Gasteiger partial charge is 0.507 e. The molecular formula is C30H27NO6. The number of aliphatic hydroxyl groups is 1. The molecule has 1 atom stereocenters. The van der Waals surface area contributed by atoms with Gasteiger partial charge in [-0.15, -0.1) is 0 Å². The quantitative estimate of drug-likeness (QED) is 0.231. The fourth-order valence-electron chi connectivity index (χ4n) is 5.22. The number of hydrogen-bond acceptors (Lipinski definition) is 6. The van der Waals surface area contributed by atoms with E-state index in [9.17, 15) is 19.5 Å². The number of esters is 1. The summed E-state index contributed by atoms with van der Waals surface area (Å²) >= 11 is 0. The number of amides is 1. The molecular weight excluding hydrogens is 470 g/mol. The van der Waals surface area contributed by atoms with Crippen LogP contribution in [0.25, 0.3) is 5.76 Å². The molecule has 7 nitrogen and oxygen atoms in total. The molecule has 3 aromatic carbocycles. The topological polar surface area (TPSA) is 93.1 Å².